The maximum absolute atomic E-state index is 13.0. The van der Waals surface area contributed by atoms with Gasteiger partial charge in [0.15, 0.2) is 11.6 Å². The molecule has 0 aliphatic heterocycles. The lowest BCUT2D eigenvalue weighted by atomic mass is 10.1. The first-order valence-corrected chi connectivity index (χ1v) is 6.51. The molecule has 2 aromatic carbocycles. The van der Waals surface area contributed by atoms with E-state index in [1.54, 1.807) is 6.07 Å². The summed E-state index contributed by atoms with van der Waals surface area (Å²) in [4.78, 5) is 0. The predicted molar refractivity (Wildman–Crippen MR) is 72.9 cm³/mol. The third-order valence-corrected chi connectivity index (χ3v) is 3.13. The van der Waals surface area contributed by atoms with E-state index in [0.717, 1.165) is 22.8 Å². The summed E-state index contributed by atoms with van der Waals surface area (Å²) < 4.78 is 25.7. The highest BCUT2D eigenvalue weighted by molar-refractivity contribution is 6.17. The highest BCUT2D eigenvalue weighted by Crippen LogP contribution is 2.09. The lowest BCUT2D eigenvalue weighted by molar-refractivity contribution is 0.506. The third-order valence-electron chi connectivity index (χ3n) is 2.82. The van der Waals surface area contributed by atoms with Crippen molar-refractivity contribution in [3.63, 3.8) is 0 Å². The van der Waals surface area contributed by atoms with Gasteiger partial charge in [0.1, 0.15) is 0 Å². The van der Waals surface area contributed by atoms with Gasteiger partial charge in [0, 0.05) is 19.0 Å². The van der Waals surface area contributed by atoms with Gasteiger partial charge in [-0.15, -0.1) is 11.6 Å². The van der Waals surface area contributed by atoms with Crippen molar-refractivity contribution in [1.82, 2.24) is 5.32 Å². The van der Waals surface area contributed by atoms with Crippen LogP contribution < -0.4 is 5.32 Å². The van der Waals surface area contributed by atoms with Crippen molar-refractivity contribution in [1.29, 1.82) is 0 Å². The number of halogens is 3. The van der Waals surface area contributed by atoms with Crippen molar-refractivity contribution in [3.8, 4) is 0 Å². The Morgan fingerprint density at radius 3 is 2.00 bits per heavy atom. The van der Waals surface area contributed by atoms with Gasteiger partial charge < -0.3 is 5.32 Å². The molecule has 0 aliphatic carbocycles. The zero-order valence-corrected chi connectivity index (χ0v) is 11.1. The van der Waals surface area contributed by atoms with Gasteiger partial charge in [0.05, 0.1) is 0 Å². The summed E-state index contributed by atoms with van der Waals surface area (Å²) in [6.07, 6.45) is 0. The molecule has 0 saturated carbocycles. The number of hydrogen-bond donors (Lipinski definition) is 1. The second-order valence-electron chi connectivity index (χ2n) is 4.30. The molecule has 0 fully saturated rings. The van der Waals surface area contributed by atoms with Gasteiger partial charge in [-0.1, -0.05) is 30.3 Å². The molecule has 0 radical (unpaired) electrons. The molecule has 0 aromatic heterocycles. The molecule has 1 nitrogen and oxygen atoms in total. The second kappa shape index (κ2) is 6.64. The van der Waals surface area contributed by atoms with E-state index in [0.29, 0.717) is 19.0 Å². The fourth-order valence-electron chi connectivity index (χ4n) is 1.75. The Morgan fingerprint density at radius 2 is 1.37 bits per heavy atom. The molecular weight excluding hydrogens is 268 g/mol. The molecular formula is C15H14ClF2N. The van der Waals surface area contributed by atoms with Crippen molar-refractivity contribution < 1.29 is 8.78 Å². The molecule has 2 rings (SSSR count). The molecule has 1 N–H and O–H groups in total. The largest absolute Gasteiger partial charge is 0.309 e. The molecule has 2 aromatic rings. The minimum Gasteiger partial charge on any atom is -0.309 e. The molecule has 0 unspecified atom stereocenters. The van der Waals surface area contributed by atoms with Crippen LogP contribution in [-0.4, -0.2) is 0 Å². The van der Waals surface area contributed by atoms with Gasteiger partial charge >= 0.3 is 0 Å². The molecule has 0 amide bonds. The van der Waals surface area contributed by atoms with Gasteiger partial charge in [-0.25, -0.2) is 8.78 Å². The first kappa shape index (κ1) is 14.0. The first-order valence-electron chi connectivity index (χ1n) is 5.97. The van der Waals surface area contributed by atoms with Crippen LogP contribution in [0.5, 0.6) is 0 Å². The summed E-state index contributed by atoms with van der Waals surface area (Å²) in [6.45, 7) is 1.16. The highest BCUT2D eigenvalue weighted by Gasteiger charge is 2.02. The standard InChI is InChI=1S/C15H14ClF2N/c16-8-11-1-3-12(4-2-11)9-19-10-13-5-6-14(17)15(18)7-13/h1-7,19H,8-10H2. The van der Waals surface area contributed by atoms with Gasteiger partial charge in [-0.3, -0.25) is 0 Å². The Morgan fingerprint density at radius 1 is 0.789 bits per heavy atom. The van der Waals surface area contributed by atoms with Crippen LogP contribution in [0.25, 0.3) is 0 Å². The summed E-state index contributed by atoms with van der Waals surface area (Å²) >= 11 is 5.71. The van der Waals surface area contributed by atoms with Gasteiger partial charge in [-0.2, -0.15) is 0 Å². The van der Waals surface area contributed by atoms with E-state index in [1.165, 1.54) is 6.07 Å². The minimum absolute atomic E-state index is 0.495. The van der Waals surface area contributed by atoms with E-state index < -0.39 is 11.6 Å². The average molecular weight is 282 g/mol. The Balaban J connectivity index is 1.86. The molecule has 0 spiro atoms. The van der Waals surface area contributed by atoms with E-state index in [4.69, 9.17) is 11.6 Å². The smallest absolute Gasteiger partial charge is 0.159 e. The fraction of sp³-hybridized carbons (Fsp3) is 0.200. The molecule has 0 heterocycles. The fourth-order valence-corrected chi connectivity index (χ4v) is 1.93. The lowest BCUT2D eigenvalue weighted by Gasteiger charge is -2.06. The van der Waals surface area contributed by atoms with E-state index in [9.17, 15) is 8.78 Å². The predicted octanol–water partition coefficient (Wildman–Crippen LogP) is 3.99. The maximum Gasteiger partial charge on any atom is 0.159 e. The zero-order chi connectivity index (χ0) is 13.7. The van der Waals surface area contributed by atoms with E-state index in [1.807, 2.05) is 24.3 Å². The van der Waals surface area contributed by atoms with Crippen LogP contribution in [0.2, 0.25) is 0 Å². The van der Waals surface area contributed by atoms with Crippen LogP contribution in [0.1, 0.15) is 16.7 Å². The Kier molecular flexibility index (Phi) is 4.88. The summed E-state index contributed by atoms with van der Waals surface area (Å²) in [6, 6.07) is 11.9. The van der Waals surface area contributed by atoms with Crippen molar-refractivity contribution in [2.45, 2.75) is 19.0 Å². The average Bonchev–Trinajstić information content (AvgIpc) is 2.43. The summed E-state index contributed by atoms with van der Waals surface area (Å²) in [5.74, 6) is -1.13. The van der Waals surface area contributed by atoms with Gasteiger partial charge in [-0.05, 0) is 28.8 Å². The van der Waals surface area contributed by atoms with Crippen LogP contribution in [0.15, 0.2) is 42.5 Å². The Labute approximate surface area is 116 Å². The number of nitrogens with one attached hydrogen (secondary N) is 1. The quantitative estimate of drug-likeness (QED) is 0.817. The van der Waals surface area contributed by atoms with Crippen LogP contribution in [0.3, 0.4) is 0 Å². The van der Waals surface area contributed by atoms with Crippen molar-refractivity contribution in [3.05, 3.63) is 70.8 Å². The molecule has 0 aliphatic rings. The minimum atomic E-state index is -0.819. The third kappa shape index (κ3) is 4.01. The molecule has 100 valence electrons. The second-order valence-corrected chi connectivity index (χ2v) is 4.57. The number of rotatable bonds is 5. The van der Waals surface area contributed by atoms with Gasteiger partial charge in [0.2, 0.25) is 0 Å². The normalized spacial score (nSPS) is 10.7. The van der Waals surface area contributed by atoms with E-state index >= 15 is 0 Å². The van der Waals surface area contributed by atoms with Crippen LogP contribution >= 0.6 is 11.6 Å². The van der Waals surface area contributed by atoms with E-state index in [2.05, 4.69) is 5.32 Å². The first-order chi connectivity index (χ1) is 9.19. The summed E-state index contributed by atoms with van der Waals surface area (Å²) in [5.41, 5.74) is 2.92. The highest BCUT2D eigenvalue weighted by atomic mass is 35.5. The van der Waals surface area contributed by atoms with Gasteiger partial charge in [0.25, 0.3) is 0 Å². The van der Waals surface area contributed by atoms with Crippen molar-refractivity contribution >= 4 is 11.6 Å². The molecule has 4 heteroatoms. The van der Waals surface area contributed by atoms with Crippen LogP contribution in [-0.2, 0) is 19.0 Å². The monoisotopic (exact) mass is 281 g/mol. The number of benzene rings is 2. The van der Waals surface area contributed by atoms with Crippen LogP contribution in [0.4, 0.5) is 8.78 Å². The molecule has 0 saturated heterocycles. The van der Waals surface area contributed by atoms with Crippen LogP contribution in [0, 0.1) is 11.6 Å². The SMILES string of the molecule is Fc1ccc(CNCc2ccc(CCl)cc2)cc1F. The summed E-state index contributed by atoms with van der Waals surface area (Å²) in [7, 11) is 0. The molecule has 19 heavy (non-hydrogen) atoms. The summed E-state index contributed by atoms with van der Waals surface area (Å²) in [5, 5.41) is 3.18. The maximum atomic E-state index is 13.0. The topological polar surface area (TPSA) is 12.0 Å². The van der Waals surface area contributed by atoms with Crippen molar-refractivity contribution in [2.24, 2.45) is 0 Å². The Bertz CT molecular complexity index is 540. The Hall–Kier alpha value is -1.45. The lowest BCUT2D eigenvalue weighted by Crippen LogP contribution is -2.12. The number of alkyl halides is 1. The molecule has 0 bridgehead atoms. The number of hydrogen-bond acceptors (Lipinski definition) is 1. The molecule has 0 atom stereocenters. The van der Waals surface area contributed by atoms with Crippen molar-refractivity contribution in [2.75, 3.05) is 0 Å². The van der Waals surface area contributed by atoms with E-state index in [-0.39, 0.29) is 0 Å². The zero-order valence-electron chi connectivity index (χ0n) is 10.3.